The van der Waals surface area contributed by atoms with Gasteiger partial charge in [0.15, 0.2) is 5.82 Å². The van der Waals surface area contributed by atoms with Gasteiger partial charge in [-0.2, -0.15) is 10.1 Å². The number of nitrogens with zero attached hydrogens (tertiary/aromatic N) is 5. The molecule has 0 saturated carbocycles. The summed E-state index contributed by atoms with van der Waals surface area (Å²) in [7, 11) is 3.64. The zero-order valence-electron chi connectivity index (χ0n) is 13.5. The monoisotopic (exact) mass is 330 g/mol. The maximum absolute atomic E-state index is 12.3. The minimum atomic E-state index is -0.127. The quantitative estimate of drug-likeness (QED) is 0.794. The lowest BCUT2D eigenvalue weighted by molar-refractivity contribution is -0.115. The third-order valence-electron chi connectivity index (χ3n) is 3.75. The lowest BCUT2D eigenvalue weighted by Gasteiger charge is -2.04. The van der Waals surface area contributed by atoms with Gasteiger partial charge in [-0.3, -0.25) is 14.8 Å². The highest BCUT2D eigenvalue weighted by atomic mass is 32.1. The Kier molecular flexibility index (Phi) is 3.99. The van der Waals surface area contributed by atoms with Crippen LogP contribution in [0.2, 0.25) is 0 Å². The first-order valence-corrected chi connectivity index (χ1v) is 8.07. The molecule has 3 aromatic heterocycles. The van der Waals surface area contributed by atoms with Crippen molar-refractivity contribution in [1.29, 1.82) is 0 Å². The molecular weight excluding hydrogens is 312 g/mol. The Morgan fingerprint density at radius 1 is 1.26 bits per heavy atom. The van der Waals surface area contributed by atoms with E-state index in [1.807, 2.05) is 38.4 Å². The average molecular weight is 330 g/mol. The first-order chi connectivity index (χ1) is 11.0. The van der Waals surface area contributed by atoms with E-state index in [4.69, 9.17) is 0 Å². The number of thiophene rings is 1. The normalized spacial score (nSPS) is 11.0. The van der Waals surface area contributed by atoms with Gasteiger partial charge in [0, 0.05) is 25.4 Å². The summed E-state index contributed by atoms with van der Waals surface area (Å²) in [6.45, 7) is 3.87. The Labute approximate surface area is 138 Å². The van der Waals surface area contributed by atoms with Crippen molar-refractivity contribution >= 4 is 23.2 Å². The first kappa shape index (κ1) is 15.4. The van der Waals surface area contributed by atoms with Crippen molar-refractivity contribution in [2.45, 2.75) is 20.3 Å². The van der Waals surface area contributed by atoms with Gasteiger partial charge in [-0.15, -0.1) is 16.4 Å². The van der Waals surface area contributed by atoms with Crippen molar-refractivity contribution in [3.8, 4) is 10.7 Å². The molecule has 7 nitrogen and oxygen atoms in total. The molecule has 0 aliphatic heterocycles. The highest BCUT2D eigenvalue weighted by Crippen LogP contribution is 2.22. The van der Waals surface area contributed by atoms with Crippen LogP contribution in [0, 0.1) is 13.8 Å². The van der Waals surface area contributed by atoms with Crippen LogP contribution >= 0.6 is 11.3 Å². The number of aromatic nitrogens is 5. The van der Waals surface area contributed by atoms with Crippen LogP contribution in [0.5, 0.6) is 0 Å². The maximum Gasteiger partial charge on any atom is 0.231 e. The molecule has 0 atom stereocenters. The molecule has 3 aromatic rings. The van der Waals surface area contributed by atoms with E-state index in [1.54, 1.807) is 27.7 Å². The van der Waals surface area contributed by atoms with Crippen molar-refractivity contribution < 1.29 is 4.79 Å². The Hall–Kier alpha value is -2.48. The Bertz CT molecular complexity index is 846. The number of amides is 1. The molecule has 0 bridgehead atoms. The SMILES string of the molecule is Cc1nn(C)c(C)c1CC(=O)Nc1nc(-c2cccs2)nn1C. The first-order valence-electron chi connectivity index (χ1n) is 7.19. The summed E-state index contributed by atoms with van der Waals surface area (Å²) in [4.78, 5) is 17.7. The second kappa shape index (κ2) is 5.96. The molecule has 1 N–H and O–H groups in total. The van der Waals surface area contributed by atoms with Crippen molar-refractivity contribution in [3.63, 3.8) is 0 Å². The standard InChI is InChI=1S/C15H18N6OS/c1-9-11(10(2)20(3)18-9)8-13(22)16-15-17-14(19-21(15)4)12-6-5-7-23-12/h5-7H,8H2,1-4H3,(H,16,17,19,22). The summed E-state index contributed by atoms with van der Waals surface area (Å²) >= 11 is 1.56. The number of aryl methyl sites for hydroxylation is 3. The number of rotatable bonds is 4. The molecule has 8 heteroatoms. The second-order valence-corrected chi connectivity index (χ2v) is 6.31. The molecule has 0 fully saturated rings. The van der Waals surface area contributed by atoms with Gasteiger partial charge in [-0.05, 0) is 25.3 Å². The molecule has 1 amide bonds. The second-order valence-electron chi connectivity index (χ2n) is 5.36. The van der Waals surface area contributed by atoms with Crippen LogP contribution in [0.25, 0.3) is 10.7 Å². The van der Waals surface area contributed by atoms with E-state index < -0.39 is 0 Å². The van der Waals surface area contributed by atoms with E-state index in [-0.39, 0.29) is 12.3 Å². The maximum atomic E-state index is 12.3. The topological polar surface area (TPSA) is 77.6 Å². The smallest absolute Gasteiger partial charge is 0.231 e. The summed E-state index contributed by atoms with van der Waals surface area (Å²) in [6.07, 6.45) is 0.271. The predicted octanol–water partition coefficient (Wildman–Crippen LogP) is 2.08. The van der Waals surface area contributed by atoms with Gasteiger partial charge in [0.1, 0.15) is 0 Å². The molecule has 3 heterocycles. The number of nitrogens with one attached hydrogen (secondary N) is 1. The van der Waals surface area contributed by atoms with E-state index in [9.17, 15) is 4.79 Å². The van der Waals surface area contributed by atoms with E-state index >= 15 is 0 Å². The minimum absolute atomic E-state index is 0.127. The van der Waals surface area contributed by atoms with Crippen LogP contribution in [-0.2, 0) is 25.3 Å². The molecule has 0 radical (unpaired) electrons. The van der Waals surface area contributed by atoms with Crippen LogP contribution in [0.4, 0.5) is 5.95 Å². The molecule has 0 spiro atoms. The van der Waals surface area contributed by atoms with Crippen LogP contribution in [0.1, 0.15) is 17.0 Å². The molecular formula is C15H18N6OS. The van der Waals surface area contributed by atoms with Gasteiger partial charge < -0.3 is 0 Å². The number of hydrogen-bond donors (Lipinski definition) is 1. The summed E-state index contributed by atoms with van der Waals surface area (Å²) in [5, 5.41) is 13.5. The summed E-state index contributed by atoms with van der Waals surface area (Å²) in [5.41, 5.74) is 2.82. The minimum Gasteiger partial charge on any atom is -0.294 e. The third kappa shape index (κ3) is 3.02. The van der Waals surface area contributed by atoms with Crippen LogP contribution in [0.3, 0.4) is 0 Å². The van der Waals surface area contributed by atoms with Gasteiger partial charge in [0.2, 0.25) is 11.9 Å². The fourth-order valence-electron chi connectivity index (χ4n) is 2.41. The Balaban J connectivity index is 1.76. The Morgan fingerprint density at radius 2 is 2.04 bits per heavy atom. The van der Waals surface area contributed by atoms with Crippen molar-refractivity contribution in [3.05, 3.63) is 34.5 Å². The van der Waals surface area contributed by atoms with Crippen molar-refractivity contribution in [2.75, 3.05) is 5.32 Å². The lowest BCUT2D eigenvalue weighted by atomic mass is 10.1. The predicted molar refractivity (Wildman–Crippen MR) is 89.3 cm³/mol. The number of carbonyl (C=O) groups is 1. The fourth-order valence-corrected chi connectivity index (χ4v) is 3.06. The highest BCUT2D eigenvalue weighted by Gasteiger charge is 2.16. The number of hydrogen-bond acceptors (Lipinski definition) is 5. The third-order valence-corrected chi connectivity index (χ3v) is 4.62. The van der Waals surface area contributed by atoms with Crippen molar-refractivity contribution in [2.24, 2.45) is 14.1 Å². The van der Waals surface area contributed by atoms with Gasteiger partial charge in [0.05, 0.1) is 17.0 Å². The molecule has 0 saturated heterocycles. The molecule has 23 heavy (non-hydrogen) atoms. The van der Waals surface area contributed by atoms with Crippen LogP contribution in [0.15, 0.2) is 17.5 Å². The molecule has 120 valence electrons. The molecule has 0 aliphatic rings. The summed E-state index contributed by atoms with van der Waals surface area (Å²) in [6, 6.07) is 3.90. The summed E-state index contributed by atoms with van der Waals surface area (Å²) in [5.74, 6) is 0.932. The number of carbonyl (C=O) groups excluding carboxylic acids is 1. The van der Waals surface area contributed by atoms with Crippen LogP contribution < -0.4 is 5.32 Å². The van der Waals surface area contributed by atoms with Crippen molar-refractivity contribution in [1.82, 2.24) is 24.5 Å². The van der Waals surface area contributed by atoms with Gasteiger partial charge in [0.25, 0.3) is 0 Å². The highest BCUT2D eigenvalue weighted by molar-refractivity contribution is 7.13. The molecule has 3 rings (SSSR count). The van der Waals surface area contributed by atoms with Gasteiger partial charge >= 0.3 is 0 Å². The van der Waals surface area contributed by atoms with E-state index in [0.717, 1.165) is 21.8 Å². The van der Waals surface area contributed by atoms with Gasteiger partial charge in [-0.25, -0.2) is 4.68 Å². The van der Waals surface area contributed by atoms with Gasteiger partial charge in [-0.1, -0.05) is 6.07 Å². The van der Waals surface area contributed by atoms with E-state index in [0.29, 0.717) is 11.8 Å². The fraction of sp³-hybridized carbons (Fsp3) is 0.333. The molecule has 0 unspecified atom stereocenters. The molecule has 0 aliphatic carbocycles. The van der Waals surface area contributed by atoms with E-state index in [2.05, 4.69) is 20.5 Å². The average Bonchev–Trinajstić information content (AvgIpc) is 3.18. The zero-order chi connectivity index (χ0) is 16.6. The molecule has 0 aromatic carbocycles. The van der Waals surface area contributed by atoms with Crippen LogP contribution in [-0.4, -0.2) is 30.5 Å². The lowest BCUT2D eigenvalue weighted by Crippen LogP contribution is -2.18. The number of anilines is 1. The summed E-state index contributed by atoms with van der Waals surface area (Å²) < 4.78 is 3.37. The zero-order valence-corrected chi connectivity index (χ0v) is 14.3. The van der Waals surface area contributed by atoms with E-state index in [1.165, 1.54) is 0 Å². The Morgan fingerprint density at radius 3 is 2.65 bits per heavy atom. The largest absolute Gasteiger partial charge is 0.294 e.